The quantitative estimate of drug-likeness (QED) is 0.888. The smallest absolute Gasteiger partial charge is 0.238 e. The molecule has 4 heteroatoms. The number of nitrogens with one attached hydrogen (secondary N) is 1. The molecule has 1 saturated heterocycles. The van der Waals surface area contributed by atoms with Crippen molar-refractivity contribution in [2.45, 2.75) is 44.3 Å². The molecule has 0 spiro atoms. The summed E-state index contributed by atoms with van der Waals surface area (Å²) in [6.07, 6.45) is 5.36. The molecule has 1 atom stereocenters. The Bertz CT molecular complexity index is 471. The molecular formula is C15H19FN2O. The van der Waals surface area contributed by atoms with Crippen molar-refractivity contribution >= 4 is 5.91 Å². The SMILES string of the molecule is O=C1CNC(c2ccccc2F)N1C1CCCCC1. The second kappa shape index (κ2) is 5.29. The summed E-state index contributed by atoms with van der Waals surface area (Å²) in [6, 6.07) is 6.99. The maximum atomic E-state index is 13.9. The van der Waals surface area contributed by atoms with Crippen LogP contribution in [0.4, 0.5) is 4.39 Å². The van der Waals surface area contributed by atoms with Crippen LogP contribution in [0.15, 0.2) is 24.3 Å². The van der Waals surface area contributed by atoms with Gasteiger partial charge in [0.05, 0.1) is 6.54 Å². The Hall–Kier alpha value is -1.42. The summed E-state index contributed by atoms with van der Waals surface area (Å²) < 4.78 is 13.9. The van der Waals surface area contributed by atoms with Crippen molar-refractivity contribution in [3.05, 3.63) is 35.6 Å². The summed E-state index contributed by atoms with van der Waals surface area (Å²) in [5.41, 5.74) is 0.582. The van der Waals surface area contributed by atoms with Crippen LogP contribution in [0.5, 0.6) is 0 Å². The number of halogens is 1. The highest BCUT2D eigenvalue weighted by Crippen LogP contribution is 2.32. The predicted octanol–water partition coefficient (Wildman–Crippen LogP) is 2.59. The van der Waals surface area contributed by atoms with Crippen molar-refractivity contribution in [3.63, 3.8) is 0 Å². The molecule has 1 amide bonds. The van der Waals surface area contributed by atoms with E-state index in [0.717, 1.165) is 12.8 Å². The molecule has 3 rings (SSSR count). The van der Waals surface area contributed by atoms with Crippen molar-refractivity contribution in [2.24, 2.45) is 0 Å². The van der Waals surface area contributed by atoms with E-state index in [9.17, 15) is 9.18 Å². The van der Waals surface area contributed by atoms with Crippen molar-refractivity contribution in [3.8, 4) is 0 Å². The zero-order chi connectivity index (χ0) is 13.2. The van der Waals surface area contributed by atoms with Crippen LogP contribution in [0.3, 0.4) is 0 Å². The zero-order valence-electron chi connectivity index (χ0n) is 10.9. The van der Waals surface area contributed by atoms with Crippen molar-refractivity contribution in [1.29, 1.82) is 0 Å². The zero-order valence-corrected chi connectivity index (χ0v) is 10.9. The highest BCUT2D eigenvalue weighted by atomic mass is 19.1. The van der Waals surface area contributed by atoms with E-state index in [2.05, 4.69) is 5.32 Å². The first-order valence-corrected chi connectivity index (χ1v) is 7.06. The van der Waals surface area contributed by atoms with Crippen molar-refractivity contribution in [2.75, 3.05) is 6.54 Å². The lowest BCUT2D eigenvalue weighted by molar-refractivity contribution is -0.131. The van der Waals surface area contributed by atoms with E-state index in [1.807, 2.05) is 11.0 Å². The molecule has 1 saturated carbocycles. The van der Waals surface area contributed by atoms with Gasteiger partial charge < -0.3 is 4.90 Å². The first-order valence-electron chi connectivity index (χ1n) is 7.06. The van der Waals surface area contributed by atoms with E-state index in [0.29, 0.717) is 12.1 Å². The molecular weight excluding hydrogens is 243 g/mol. The Morgan fingerprint density at radius 1 is 1.16 bits per heavy atom. The van der Waals surface area contributed by atoms with E-state index in [-0.39, 0.29) is 23.9 Å². The fourth-order valence-corrected chi connectivity index (χ4v) is 3.25. The summed E-state index contributed by atoms with van der Waals surface area (Å²) >= 11 is 0. The Kier molecular flexibility index (Phi) is 3.51. The van der Waals surface area contributed by atoms with Gasteiger partial charge in [0.25, 0.3) is 0 Å². The fourth-order valence-electron chi connectivity index (χ4n) is 3.25. The number of rotatable bonds is 2. The molecule has 19 heavy (non-hydrogen) atoms. The van der Waals surface area contributed by atoms with Gasteiger partial charge in [0.15, 0.2) is 0 Å². The molecule has 1 aromatic rings. The maximum absolute atomic E-state index is 13.9. The summed E-state index contributed by atoms with van der Waals surface area (Å²) in [5.74, 6) is -0.143. The third-order valence-electron chi connectivity index (χ3n) is 4.18. The van der Waals surface area contributed by atoms with E-state index in [4.69, 9.17) is 0 Å². The normalized spacial score (nSPS) is 25.0. The molecule has 1 aliphatic carbocycles. The molecule has 0 bridgehead atoms. The number of carbonyl (C=O) groups is 1. The number of amides is 1. The monoisotopic (exact) mass is 262 g/mol. The first-order chi connectivity index (χ1) is 9.27. The predicted molar refractivity (Wildman–Crippen MR) is 70.9 cm³/mol. The highest BCUT2D eigenvalue weighted by molar-refractivity contribution is 5.81. The molecule has 2 fully saturated rings. The average molecular weight is 262 g/mol. The van der Waals surface area contributed by atoms with Gasteiger partial charge in [-0.2, -0.15) is 0 Å². The van der Waals surface area contributed by atoms with Gasteiger partial charge in [-0.15, -0.1) is 0 Å². The lowest BCUT2D eigenvalue weighted by atomic mass is 9.93. The first kappa shape index (κ1) is 12.6. The number of benzene rings is 1. The Labute approximate surface area is 112 Å². The fraction of sp³-hybridized carbons (Fsp3) is 0.533. The summed E-state index contributed by atoms with van der Waals surface area (Å²) in [4.78, 5) is 14.0. The van der Waals surface area contributed by atoms with Crippen molar-refractivity contribution in [1.82, 2.24) is 10.2 Å². The van der Waals surface area contributed by atoms with Gasteiger partial charge in [0.1, 0.15) is 12.0 Å². The van der Waals surface area contributed by atoms with Gasteiger partial charge >= 0.3 is 0 Å². The minimum atomic E-state index is -0.295. The van der Waals surface area contributed by atoms with E-state index in [1.165, 1.54) is 25.3 Å². The average Bonchev–Trinajstić information content (AvgIpc) is 2.82. The van der Waals surface area contributed by atoms with E-state index < -0.39 is 0 Å². The Balaban J connectivity index is 1.87. The van der Waals surface area contributed by atoms with Crippen LogP contribution >= 0.6 is 0 Å². The molecule has 1 N–H and O–H groups in total. The second-order valence-electron chi connectivity index (χ2n) is 5.40. The molecule has 2 aliphatic rings. The molecule has 1 aromatic carbocycles. The Morgan fingerprint density at radius 2 is 1.89 bits per heavy atom. The topological polar surface area (TPSA) is 32.3 Å². The largest absolute Gasteiger partial charge is 0.319 e. The van der Waals surface area contributed by atoms with Gasteiger partial charge in [-0.25, -0.2) is 4.39 Å². The van der Waals surface area contributed by atoms with Crippen LogP contribution in [0.2, 0.25) is 0 Å². The van der Waals surface area contributed by atoms with E-state index >= 15 is 0 Å². The number of nitrogens with zero attached hydrogens (tertiary/aromatic N) is 1. The number of hydrogen-bond donors (Lipinski definition) is 1. The number of carbonyl (C=O) groups excluding carboxylic acids is 1. The Morgan fingerprint density at radius 3 is 2.63 bits per heavy atom. The standard InChI is InChI=1S/C15H19FN2O/c16-13-9-5-4-8-12(13)15-17-10-14(19)18(15)11-6-2-1-3-7-11/h4-5,8-9,11,15,17H,1-3,6-7,10H2. The molecule has 1 aliphatic heterocycles. The number of hydrogen-bond acceptors (Lipinski definition) is 2. The molecule has 3 nitrogen and oxygen atoms in total. The van der Waals surface area contributed by atoms with Gasteiger partial charge in [-0.1, -0.05) is 37.5 Å². The molecule has 1 unspecified atom stereocenters. The van der Waals surface area contributed by atoms with Gasteiger partial charge in [0.2, 0.25) is 5.91 Å². The van der Waals surface area contributed by atoms with Crippen LogP contribution in [-0.2, 0) is 4.79 Å². The van der Waals surface area contributed by atoms with Gasteiger partial charge in [-0.3, -0.25) is 10.1 Å². The summed E-state index contributed by atoms with van der Waals surface area (Å²) in [6.45, 7) is 0.315. The van der Waals surface area contributed by atoms with Crippen LogP contribution < -0.4 is 5.32 Å². The van der Waals surface area contributed by atoms with Crippen LogP contribution in [-0.4, -0.2) is 23.4 Å². The molecule has 0 aromatic heterocycles. The molecule has 102 valence electrons. The molecule has 1 heterocycles. The minimum absolute atomic E-state index is 0.0974. The second-order valence-corrected chi connectivity index (χ2v) is 5.40. The maximum Gasteiger partial charge on any atom is 0.238 e. The van der Waals surface area contributed by atoms with E-state index in [1.54, 1.807) is 12.1 Å². The highest BCUT2D eigenvalue weighted by Gasteiger charge is 2.38. The van der Waals surface area contributed by atoms with Gasteiger partial charge in [-0.05, 0) is 18.9 Å². The van der Waals surface area contributed by atoms with Crippen LogP contribution in [0.25, 0.3) is 0 Å². The molecule has 0 radical (unpaired) electrons. The summed E-state index contributed by atoms with van der Waals surface area (Å²) in [7, 11) is 0. The lowest BCUT2D eigenvalue weighted by Crippen LogP contribution is -2.41. The van der Waals surface area contributed by atoms with Crippen LogP contribution in [0, 0.1) is 5.82 Å². The minimum Gasteiger partial charge on any atom is -0.319 e. The van der Waals surface area contributed by atoms with Crippen LogP contribution in [0.1, 0.15) is 43.8 Å². The third kappa shape index (κ3) is 2.37. The third-order valence-corrected chi connectivity index (χ3v) is 4.18. The van der Waals surface area contributed by atoms with Crippen molar-refractivity contribution < 1.29 is 9.18 Å². The summed E-state index contributed by atoms with van der Waals surface area (Å²) in [5, 5.41) is 3.15. The lowest BCUT2D eigenvalue weighted by Gasteiger charge is -2.35. The van der Waals surface area contributed by atoms with Gasteiger partial charge in [0, 0.05) is 11.6 Å².